The van der Waals surface area contributed by atoms with E-state index in [1.807, 2.05) is 19.1 Å². The summed E-state index contributed by atoms with van der Waals surface area (Å²) in [6.07, 6.45) is 7.86. The van der Waals surface area contributed by atoms with Crippen LogP contribution >= 0.6 is 0 Å². The fourth-order valence-corrected chi connectivity index (χ4v) is 2.69. The number of ketones is 1. The van der Waals surface area contributed by atoms with Crippen LogP contribution in [0.15, 0.2) is 18.3 Å². The molecule has 3 nitrogen and oxygen atoms in total. The van der Waals surface area contributed by atoms with Crippen molar-refractivity contribution in [3.05, 3.63) is 29.6 Å². The first kappa shape index (κ1) is 13.2. The normalized spacial score (nSPS) is 19.2. The van der Waals surface area contributed by atoms with Gasteiger partial charge in [-0.1, -0.05) is 25.7 Å². The molecule has 0 atom stereocenters. The summed E-state index contributed by atoms with van der Waals surface area (Å²) in [4.78, 5) is 16.9. The van der Waals surface area contributed by atoms with E-state index in [1.54, 1.807) is 13.3 Å². The zero-order chi connectivity index (χ0) is 13.0. The standard InChI is InChI=1S/C15H21NO2/c1-12-7-8-13(11-16-12)14(17)15(18-2)9-5-3-4-6-10-15/h7-8,11H,3-6,9-10H2,1-2H3. The SMILES string of the molecule is COC1(C(=O)c2ccc(C)nc2)CCCCCC1. The van der Waals surface area contributed by atoms with Crippen LogP contribution in [0.4, 0.5) is 0 Å². The Morgan fingerprint density at radius 3 is 2.39 bits per heavy atom. The lowest BCUT2D eigenvalue weighted by Crippen LogP contribution is -2.40. The predicted octanol–water partition coefficient (Wildman–Crippen LogP) is 3.31. The molecule has 0 aliphatic heterocycles. The Morgan fingerprint density at radius 1 is 1.22 bits per heavy atom. The van der Waals surface area contributed by atoms with Crippen molar-refractivity contribution in [2.24, 2.45) is 0 Å². The number of hydrogen-bond acceptors (Lipinski definition) is 3. The van der Waals surface area contributed by atoms with Gasteiger partial charge >= 0.3 is 0 Å². The molecule has 98 valence electrons. The molecule has 0 radical (unpaired) electrons. The van der Waals surface area contributed by atoms with E-state index < -0.39 is 5.60 Å². The molecule has 1 fully saturated rings. The number of carbonyl (C=O) groups excluding carboxylic acids is 1. The van der Waals surface area contributed by atoms with Gasteiger partial charge in [0, 0.05) is 24.6 Å². The van der Waals surface area contributed by atoms with Gasteiger partial charge in [0.05, 0.1) is 0 Å². The quantitative estimate of drug-likeness (QED) is 0.607. The lowest BCUT2D eigenvalue weighted by atomic mass is 9.86. The van der Waals surface area contributed by atoms with Crippen LogP contribution in [0.25, 0.3) is 0 Å². The third-order valence-corrected chi connectivity index (χ3v) is 3.89. The molecule has 0 bridgehead atoms. The molecule has 1 saturated carbocycles. The zero-order valence-corrected chi connectivity index (χ0v) is 11.2. The Kier molecular flexibility index (Phi) is 4.12. The van der Waals surface area contributed by atoms with Gasteiger partial charge in [0.25, 0.3) is 0 Å². The highest BCUT2D eigenvalue weighted by molar-refractivity contribution is 6.02. The maximum absolute atomic E-state index is 12.7. The zero-order valence-electron chi connectivity index (χ0n) is 11.2. The summed E-state index contributed by atoms with van der Waals surface area (Å²) in [7, 11) is 1.66. The molecule has 1 aliphatic rings. The Bertz CT molecular complexity index is 403. The van der Waals surface area contributed by atoms with Gasteiger partial charge in [-0.2, -0.15) is 0 Å². The molecule has 1 aromatic rings. The molecule has 3 heteroatoms. The first-order valence-corrected chi connectivity index (χ1v) is 6.70. The molecule has 1 aromatic heterocycles. The van der Waals surface area contributed by atoms with Crippen LogP contribution in [0.2, 0.25) is 0 Å². The highest BCUT2D eigenvalue weighted by Gasteiger charge is 2.39. The van der Waals surface area contributed by atoms with E-state index in [2.05, 4.69) is 4.98 Å². The molecular weight excluding hydrogens is 226 g/mol. The minimum Gasteiger partial charge on any atom is -0.370 e. The van der Waals surface area contributed by atoms with Gasteiger partial charge in [0.1, 0.15) is 5.60 Å². The molecule has 0 spiro atoms. The lowest BCUT2D eigenvalue weighted by molar-refractivity contribution is -0.00695. The summed E-state index contributed by atoms with van der Waals surface area (Å²) in [6, 6.07) is 3.74. The summed E-state index contributed by atoms with van der Waals surface area (Å²) in [5.74, 6) is 0.0967. The monoisotopic (exact) mass is 247 g/mol. The number of nitrogens with zero attached hydrogens (tertiary/aromatic N) is 1. The smallest absolute Gasteiger partial charge is 0.196 e. The maximum atomic E-state index is 12.7. The Hall–Kier alpha value is -1.22. The van der Waals surface area contributed by atoms with Gasteiger partial charge in [-0.15, -0.1) is 0 Å². The lowest BCUT2D eigenvalue weighted by Gasteiger charge is -2.29. The summed E-state index contributed by atoms with van der Waals surface area (Å²) in [5, 5.41) is 0. The van der Waals surface area contributed by atoms with Crippen molar-refractivity contribution in [2.45, 2.75) is 51.0 Å². The molecule has 0 unspecified atom stereocenters. The molecular formula is C15H21NO2. The molecule has 0 N–H and O–H groups in total. The highest BCUT2D eigenvalue weighted by Crippen LogP contribution is 2.33. The number of aromatic nitrogens is 1. The maximum Gasteiger partial charge on any atom is 0.196 e. The second kappa shape index (κ2) is 5.61. The Balaban J connectivity index is 2.25. The van der Waals surface area contributed by atoms with E-state index in [0.717, 1.165) is 31.4 Å². The molecule has 1 heterocycles. The summed E-state index contributed by atoms with van der Waals surface area (Å²) >= 11 is 0. The van der Waals surface area contributed by atoms with Crippen molar-refractivity contribution in [2.75, 3.05) is 7.11 Å². The van der Waals surface area contributed by atoms with Crippen molar-refractivity contribution in [1.82, 2.24) is 4.98 Å². The summed E-state index contributed by atoms with van der Waals surface area (Å²) in [6.45, 7) is 1.92. The fourth-order valence-electron chi connectivity index (χ4n) is 2.69. The highest BCUT2D eigenvalue weighted by atomic mass is 16.5. The van der Waals surface area contributed by atoms with Crippen molar-refractivity contribution >= 4 is 5.78 Å². The number of rotatable bonds is 3. The van der Waals surface area contributed by atoms with Crippen molar-refractivity contribution in [3.63, 3.8) is 0 Å². The minimum atomic E-state index is -0.618. The molecule has 2 rings (SSSR count). The van der Waals surface area contributed by atoms with Crippen molar-refractivity contribution in [1.29, 1.82) is 0 Å². The molecule has 18 heavy (non-hydrogen) atoms. The average Bonchev–Trinajstić information content (AvgIpc) is 2.65. The van der Waals surface area contributed by atoms with Gasteiger partial charge in [-0.05, 0) is 31.9 Å². The van der Waals surface area contributed by atoms with Gasteiger partial charge in [0.2, 0.25) is 0 Å². The second-order valence-electron chi connectivity index (χ2n) is 5.13. The number of Topliss-reactive ketones (excluding diaryl/α,β-unsaturated/α-hetero) is 1. The largest absolute Gasteiger partial charge is 0.370 e. The molecule has 0 aromatic carbocycles. The Labute approximate surface area is 109 Å². The van der Waals surface area contributed by atoms with E-state index in [4.69, 9.17) is 4.74 Å². The van der Waals surface area contributed by atoms with Gasteiger partial charge in [0.15, 0.2) is 5.78 Å². The van der Waals surface area contributed by atoms with Crippen LogP contribution < -0.4 is 0 Å². The first-order valence-electron chi connectivity index (χ1n) is 6.70. The topological polar surface area (TPSA) is 39.2 Å². The number of carbonyl (C=O) groups is 1. The van der Waals surface area contributed by atoms with Crippen molar-refractivity contribution < 1.29 is 9.53 Å². The van der Waals surface area contributed by atoms with Crippen LogP contribution in [0.1, 0.15) is 54.6 Å². The summed E-state index contributed by atoms with van der Waals surface area (Å²) in [5.41, 5.74) is 0.983. The van der Waals surface area contributed by atoms with Gasteiger partial charge in [-0.3, -0.25) is 9.78 Å². The van der Waals surface area contributed by atoms with Crippen LogP contribution in [0, 0.1) is 6.92 Å². The van der Waals surface area contributed by atoms with E-state index >= 15 is 0 Å². The number of pyridine rings is 1. The van der Waals surface area contributed by atoms with E-state index in [0.29, 0.717) is 5.56 Å². The molecule has 0 amide bonds. The van der Waals surface area contributed by atoms with Crippen LogP contribution in [0.3, 0.4) is 0 Å². The first-order chi connectivity index (χ1) is 8.68. The van der Waals surface area contributed by atoms with E-state index in [1.165, 1.54) is 12.8 Å². The van der Waals surface area contributed by atoms with E-state index in [-0.39, 0.29) is 5.78 Å². The number of aryl methyl sites for hydroxylation is 1. The second-order valence-corrected chi connectivity index (χ2v) is 5.13. The number of hydrogen-bond donors (Lipinski definition) is 0. The van der Waals surface area contributed by atoms with Crippen LogP contribution in [0.5, 0.6) is 0 Å². The summed E-state index contributed by atoms with van der Waals surface area (Å²) < 4.78 is 5.63. The third kappa shape index (κ3) is 2.61. The van der Waals surface area contributed by atoms with E-state index in [9.17, 15) is 4.79 Å². The van der Waals surface area contributed by atoms with Crippen molar-refractivity contribution in [3.8, 4) is 0 Å². The fraction of sp³-hybridized carbons (Fsp3) is 0.600. The Morgan fingerprint density at radius 2 is 1.89 bits per heavy atom. The van der Waals surface area contributed by atoms with Gasteiger partial charge in [-0.25, -0.2) is 0 Å². The van der Waals surface area contributed by atoms with Gasteiger partial charge < -0.3 is 4.74 Å². The average molecular weight is 247 g/mol. The minimum absolute atomic E-state index is 0.0967. The molecule has 1 aliphatic carbocycles. The predicted molar refractivity (Wildman–Crippen MR) is 70.7 cm³/mol. The molecule has 0 saturated heterocycles. The van der Waals surface area contributed by atoms with Crippen LogP contribution in [-0.4, -0.2) is 23.5 Å². The number of methoxy groups -OCH3 is 1. The number of ether oxygens (including phenoxy) is 1. The van der Waals surface area contributed by atoms with Crippen LogP contribution in [-0.2, 0) is 4.74 Å². The third-order valence-electron chi connectivity index (χ3n) is 3.89.